The molecule has 0 unspecified atom stereocenters. The van der Waals surface area contributed by atoms with Gasteiger partial charge in [0, 0.05) is 11.6 Å². The lowest BCUT2D eigenvalue weighted by atomic mass is 10.0. The van der Waals surface area contributed by atoms with Crippen molar-refractivity contribution in [3.8, 4) is 17.2 Å². The van der Waals surface area contributed by atoms with E-state index < -0.39 is 0 Å². The standard InChI is InChI=1S/C18H10N2OS/c19-11-14-13(12-6-2-1-3-7-12)10-17(21)20-15-8-4-5-9-16(15)22-18(14)20/h1-10H. The zero-order valence-electron chi connectivity index (χ0n) is 11.5. The summed E-state index contributed by atoms with van der Waals surface area (Å²) < 4.78 is 2.63. The first-order valence-electron chi connectivity index (χ1n) is 6.82. The first-order chi connectivity index (χ1) is 10.8. The number of aromatic nitrogens is 1. The first-order valence-corrected chi connectivity index (χ1v) is 7.64. The number of rotatable bonds is 1. The van der Waals surface area contributed by atoms with Crippen LogP contribution < -0.4 is 5.56 Å². The van der Waals surface area contributed by atoms with Crippen LogP contribution in [-0.2, 0) is 0 Å². The summed E-state index contributed by atoms with van der Waals surface area (Å²) >= 11 is 1.48. The Kier molecular flexibility index (Phi) is 2.81. The molecular weight excluding hydrogens is 292 g/mol. The molecule has 0 aliphatic rings. The minimum Gasteiger partial charge on any atom is -0.269 e. The van der Waals surface area contributed by atoms with Crippen molar-refractivity contribution in [2.75, 3.05) is 0 Å². The van der Waals surface area contributed by atoms with Gasteiger partial charge in [-0.2, -0.15) is 5.26 Å². The number of nitrogens with zero attached hydrogens (tertiary/aromatic N) is 2. The molecule has 0 saturated carbocycles. The minimum atomic E-state index is -0.106. The second-order valence-corrected chi connectivity index (χ2v) is 5.99. The molecule has 0 fully saturated rings. The number of hydrogen-bond acceptors (Lipinski definition) is 3. The molecule has 2 heterocycles. The Morgan fingerprint density at radius 1 is 1.00 bits per heavy atom. The number of thiazole rings is 1. The molecule has 4 rings (SSSR count). The monoisotopic (exact) mass is 302 g/mol. The first kappa shape index (κ1) is 12.8. The normalized spacial score (nSPS) is 10.9. The number of hydrogen-bond donors (Lipinski definition) is 0. The van der Waals surface area contributed by atoms with Gasteiger partial charge in [-0.15, -0.1) is 11.3 Å². The molecule has 0 bridgehead atoms. The quantitative estimate of drug-likeness (QED) is 0.532. The van der Waals surface area contributed by atoms with Crippen molar-refractivity contribution in [3.05, 3.63) is 76.6 Å². The third-order valence-electron chi connectivity index (χ3n) is 3.68. The van der Waals surface area contributed by atoms with Crippen LogP contribution in [0.1, 0.15) is 5.56 Å². The summed E-state index contributed by atoms with van der Waals surface area (Å²) in [5.41, 5.74) is 2.87. The second kappa shape index (κ2) is 4.83. The average Bonchev–Trinajstić information content (AvgIpc) is 2.95. The van der Waals surface area contributed by atoms with Gasteiger partial charge in [-0.1, -0.05) is 42.5 Å². The Bertz CT molecular complexity index is 1100. The van der Waals surface area contributed by atoms with Crippen LogP contribution in [0.25, 0.3) is 26.2 Å². The van der Waals surface area contributed by atoms with E-state index in [9.17, 15) is 10.1 Å². The van der Waals surface area contributed by atoms with E-state index in [0.717, 1.165) is 15.8 Å². The topological polar surface area (TPSA) is 45.3 Å². The van der Waals surface area contributed by atoms with Gasteiger partial charge in [0.1, 0.15) is 10.9 Å². The van der Waals surface area contributed by atoms with Crippen LogP contribution in [0.5, 0.6) is 0 Å². The molecule has 4 heteroatoms. The van der Waals surface area contributed by atoms with Crippen molar-refractivity contribution < 1.29 is 0 Å². The molecule has 2 aromatic heterocycles. The molecule has 0 radical (unpaired) electrons. The Balaban J connectivity index is 2.20. The molecule has 104 valence electrons. The van der Waals surface area contributed by atoms with E-state index in [0.29, 0.717) is 16.0 Å². The van der Waals surface area contributed by atoms with Gasteiger partial charge in [-0.05, 0) is 17.7 Å². The molecule has 22 heavy (non-hydrogen) atoms. The maximum Gasteiger partial charge on any atom is 0.256 e. The van der Waals surface area contributed by atoms with Crippen LogP contribution in [0.15, 0.2) is 65.5 Å². The third-order valence-corrected chi connectivity index (χ3v) is 4.83. The number of benzene rings is 2. The zero-order chi connectivity index (χ0) is 15.1. The van der Waals surface area contributed by atoms with Crippen molar-refractivity contribution in [2.24, 2.45) is 0 Å². The highest BCUT2D eigenvalue weighted by Crippen LogP contribution is 2.32. The lowest BCUT2D eigenvalue weighted by Gasteiger charge is -2.05. The summed E-state index contributed by atoms with van der Waals surface area (Å²) in [6.45, 7) is 0. The van der Waals surface area contributed by atoms with E-state index in [1.807, 2.05) is 54.6 Å². The molecular formula is C18H10N2OS. The van der Waals surface area contributed by atoms with E-state index in [-0.39, 0.29) is 5.56 Å². The molecule has 0 aliphatic carbocycles. The molecule has 0 amide bonds. The predicted molar refractivity (Wildman–Crippen MR) is 89.2 cm³/mol. The number of para-hydroxylation sites is 1. The lowest BCUT2D eigenvalue weighted by molar-refractivity contribution is 1.17. The summed E-state index contributed by atoms with van der Waals surface area (Å²) in [5, 5.41) is 9.64. The van der Waals surface area contributed by atoms with Crippen molar-refractivity contribution in [1.82, 2.24) is 4.40 Å². The van der Waals surface area contributed by atoms with E-state index >= 15 is 0 Å². The van der Waals surface area contributed by atoms with Crippen LogP contribution in [0.3, 0.4) is 0 Å². The van der Waals surface area contributed by atoms with Gasteiger partial charge in [0.2, 0.25) is 0 Å². The Morgan fingerprint density at radius 3 is 2.50 bits per heavy atom. The molecule has 2 aromatic carbocycles. The fourth-order valence-electron chi connectivity index (χ4n) is 2.70. The van der Waals surface area contributed by atoms with Crippen molar-refractivity contribution >= 4 is 26.4 Å². The van der Waals surface area contributed by atoms with Crippen LogP contribution in [0.4, 0.5) is 0 Å². The average molecular weight is 302 g/mol. The zero-order valence-corrected chi connectivity index (χ0v) is 12.3. The van der Waals surface area contributed by atoms with Gasteiger partial charge < -0.3 is 0 Å². The number of fused-ring (bicyclic) bond motifs is 3. The van der Waals surface area contributed by atoms with Crippen molar-refractivity contribution in [2.45, 2.75) is 0 Å². The number of nitriles is 1. The highest BCUT2D eigenvalue weighted by Gasteiger charge is 2.15. The molecule has 0 atom stereocenters. The van der Waals surface area contributed by atoms with Crippen molar-refractivity contribution in [1.29, 1.82) is 5.26 Å². The maximum atomic E-state index is 12.6. The largest absolute Gasteiger partial charge is 0.269 e. The molecule has 0 saturated heterocycles. The highest BCUT2D eigenvalue weighted by molar-refractivity contribution is 7.24. The Morgan fingerprint density at radius 2 is 1.73 bits per heavy atom. The van der Waals surface area contributed by atoms with Crippen LogP contribution in [0, 0.1) is 11.3 Å². The number of pyridine rings is 1. The van der Waals surface area contributed by atoms with Crippen LogP contribution in [0.2, 0.25) is 0 Å². The fraction of sp³-hybridized carbons (Fsp3) is 0. The van der Waals surface area contributed by atoms with E-state index in [4.69, 9.17) is 0 Å². The van der Waals surface area contributed by atoms with Gasteiger partial charge in [-0.25, -0.2) is 0 Å². The highest BCUT2D eigenvalue weighted by atomic mass is 32.1. The minimum absolute atomic E-state index is 0.106. The predicted octanol–water partition coefficient (Wildman–Crippen LogP) is 4.05. The fourth-order valence-corrected chi connectivity index (χ4v) is 3.85. The summed E-state index contributed by atoms with van der Waals surface area (Å²) in [6.07, 6.45) is 0. The van der Waals surface area contributed by atoms with E-state index in [1.54, 1.807) is 10.5 Å². The summed E-state index contributed by atoms with van der Waals surface area (Å²) in [4.78, 5) is 13.3. The second-order valence-electron chi connectivity index (χ2n) is 4.96. The van der Waals surface area contributed by atoms with Gasteiger partial charge >= 0.3 is 0 Å². The van der Waals surface area contributed by atoms with Gasteiger partial charge in [-0.3, -0.25) is 9.20 Å². The maximum absolute atomic E-state index is 12.6. The van der Waals surface area contributed by atoms with Crippen molar-refractivity contribution in [3.63, 3.8) is 0 Å². The molecule has 4 aromatic rings. The van der Waals surface area contributed by atoms with Gasteiger partial charge in [0.15, 0.2) is 0 Å². The lowest BCUT2D eigenvalue weighted by Crippen LogP contribution is -2.12. The molecule has 0 spiro atoms. The van der Waals surface area contributed by atoms with E-state index in [1.165, 1.54) is 11.3 Å². The van der Waals surface area contributed by atoms with Crippen LogP contribution in [-0.4, -0.2) is 4.40 Å². The summed E-state index contributed by atoms with van der Waals surface area (Å²) in [5.74, 6) is 0. The molecule has 0 N–H and O–H groups in total. The third kappa shape index (κ3) is 1.77. The molecule has 3 nitrogen and oxygen atoms in total. The molecule has 0 aliphatic heterocycles. The van der Waals surface area contributed by atoms with Gasteiger partial charge in [0.25, 0.3) is 5.56 Å². The Hall–Kier alpha value is -2.90. The van der Waals surface area contributed by atoms with Crippen LogP contribution >= 0.6 is 11.3 Å². The summed E-state index contributed by atoms with van der Waals surface area (Å²) in [7, 11) is 0. The summed E-state index contributed by atoms with van der Waals surface area (Å²) in [6, 6.07) is 21.1. The SMILES string of the molecule is N#Cc1c(-c2ccccc2)cc(=O)n2c1sc1ccccc12. The smallest absolute Gasteiger partial charge is 0.256 e. The Labute approximate surface area is 130 Å². The van der Waals surface area contributed by atoms with E-state index in [2.05, 4.69) is 6.07 Å². The van der Waals surface area contributed by atoms with Gasteiger partial charge in [0.05, 0.1) is 15.8 Å².